The number of carbonyl (C=O) groups excluding carboxylic acids is 1. The van der Waals surface area contributed by atoms with Gasteiger partial charge in [-0.25, -0.2) is 4.79 Å². The van der Waals surface area contributed by atoms with Crippen LogP contribution in [0.15, 0.2) is 60.5 Å². The first-order chi connectivity index (χ1) is 17.7. The molecule has 1 unspecified atom stereocenters. The topological polar surface area (TPSA) is 47.6 Å². The molecule has 1 aliphatic rings. The van der Waals surface area contributed by atoms with E-state index in [1.807, 2.05) is 24.3 Å². The van der Waals surface area contributed by atoms with Crippen LogP contribution < -0.4 is 10.0 Å². The predicted octanol–water partition coefficient (Wildman–Crippen LogP) is 7.27. The summed E-state index contributed by atoms with van der Waals surface area (Å²) in [6.07, 6.45) is -0.583. The first-order valence-corrected chi connectivity index (χ1v) is 13.7. The van der Waals surface area contributed by atoms with Crippen LogP contribution in [-0.2, 0) is 19.3 Å². The number of benzene rings is 2. The fourth-order valence-corrected chi connectivity index (χ4v) is 5.18. The summed E-state index contributed by atoms with van der Waals surface area (Å²) < 4.78 is 42.9. The molecule has 0 bridgehead atoms. The number of anilines is 1. The average Bonchev–Trinajstić information content (AvgIpc) is 2.88. The number of nitrogens with zero attached hydrogens (tertiary/aromatic N) is 2. The van der Waals surface area contributed by atoms with E-state index < -0.39 is 11.7 Å². The fourth-order valence-electron chi connectivity index (χ4n) is 4.82. The largest absolute Gasteiger partial charge is 0.416 e. The first kappa shape index (κ1) is 29.1. The Bertz CT molecular complexity index is 1020. The van der Waals surface area contributed by atoms with Crippen LogP contribution >= 0.6 is 11.9 Å². The maximum atomic E-state index is 13.6. The minimum absolute atomic E-state index is 0.0144. The van der Waals surface area contributed by atoms with Crippen molar-refractivity contribution < 1.29 is 18.0 Å². The molecule has 1 fully saturated rings. The van der Waals surface area contributed by atoms with Crippen LogP contribution in [0.4, 0.5) is 23.7 Å². The van der Waals surface area contributed by atoms with E-state index in [1.165, 1.54) is 24.1 Å². The Balaban J connectivity index is 1.81. The molecule has 0 saturated carbocycles. The number of amides is 2. The third kappa shape index (κ3) is 8.51. The van der Waals surface area contributed by atoms with Crippen molar-refractivity contribution in [3.8, 4) is 0 Å². The van der Waals surface area contributed by atoms with Crippen molar-refractivity contribution in [1.82, 2.24) is 14.5 Å². The second-order valence-electron chi connectivity index (χ2n) is 9.42. The number of halogens is 3. The van der Waals surface area contributed by atoms with Gasteiger partial charge in [-0.15, -0.1) is 0 Å². The average molecular weight is 535 g/mol. The van der Waals surface area contributed by atoms with Crippen LogP contribution in [0.2, 0.25) is 0 Å². The van der Waals surface area contributed by atoms with Gasteiger partial charge in [-0.05, 0) is 60.9 Å². The summed E-state index contributed by atoms with van der Waals surface area (Å²) in [7, 11) is 0. The van der Waals surface area contributed by atoms with Gasteiger partial charge >= 0.3 is 12.2 Å². The van der Waals surface area contributed by atoms with Gasteiger partial charge in [-0.2, -0.15) is 13.2 Å². The monoisotopic (exact) mass is 534 g/mol. The van der Waals surface area contributed by atoms with Gasteiger partial charge in [-0.1, -0.05) is 62.2 Å². The van der Waals surface area contributed by atoms with Crippen molar-refractivity contribution in [3.05, 3.63) is 77.2 Å². The standard InChI is InChI=1S/C28H37F3N4OS/c1-4-9-21(3)34-16-14-26(15-17-34)35(20-23-11-7-6-10-22(23)19-32-37-5-2)27(36)33-25-13-8-12-24(18-25)28(29,30)31/h5-8,10-13,18,21,26,32H,2,4,9,14-17,19-20H2,1,3H3,(H,33,36). The van der Waals surface area contributed by atoms with E-state index in [9.17, 15) is 18.0 Å². The molecule has 5 nitrogen and oxygen atoms in total. The normalized spacial score (nSPS) is 15.8. The number of rotatable bonds is 11. The number of likely N-dealkylation sites (tertiary alicyclic amines) is 1. The Morgan fingerprint density at radius 3 is 2.54 bits per heavy atom. The first-order valence-electron chi connectivity index (χ1n) is 12.8. The van der Waals surface area contributed by atoms with Crippen molar-refractivity contribution in [2.45, 2.75) is 70.9 Å². The third-order valence-corrected chi connectivity index (χ3v) is 7.34. The van der Waals surface area contributed by atoms with Gasteiger partial charge in [0.15, 0.2) is 0 Å². The zero-order valence-electron chi connectivity index (χ0n) is 21.6. The molecule has 2 amide bonds. The van der Waals surface area contributed by atoms with Crippen molar-refractivity contribution >= 4 is 23.7 Å². The molecule has 1 heterocycles. The van der Waals surface area contributed by atoms with Crippen LogP contribution in [0.25, 0.3) is 0 Å². The number of piperidine rings is 1. The third-order valence-electron chi connectivity index (χ3n) is 6.86. The molecule has 9 heteroatoms. The molecule has 0 spiro atoms. The zero-order chi connectivity index (χ0) is 26.8. The number of nitrogens with one attached hydrogen (secondary N) is 2. The van der Waals surface area contributed by atoms with Crippen molar-refractivity contribution in [2.24, 2.45) is 0 Å². The molecular formula is C28H37F3N4OS. The van der Waals surface area contributed by atoms with Crippen LogP contribution in [0, 0.1) is 0 Å². The van der Waals surface area contributed by atoms with E-state index in [1.54, 1.807) is 10.3 Å². The molecule has 0 aromatic heterocycles. The van der Waals surface area contributed by atoms with E-state index >= 15 is 0 Å². The summed E-state index contributed by atoms with van der Waals surface area (Å²) in [6.45, 7) is 10.9. The maximum absolute atomic E-state index is 13.6. The van der Waals surface area contributed by atoms with Gasteiger partial charge in [0.1, 0.15) is 0 Å². The van der Waals surface area contributed by atoms with Gasteiger partial charge in [0.05, 0.1) is 5.56 Å². The van der Waals surface area contributed by atoms with Crippen LogP contribution in [0.5, 0.6) is 0 Å². The predicted molar refractivity (Wildman–Crippen MR) is 146 cm³/mol. The molecule has 202 valence electrons. The Hall–Kier alpha value is -2.49. The molecule has 1 aliphatic heterocycles. The lowest BCUT2D eigenvalue weighted by Crippen LogP contribution is -2.50. The fraction of sp³-hybridized carbons (Fsp3) is 0.464. The van der Waals surface area contributed by atoms with Crippen molar-refractivity contribution in [2.75, 3.05) is 18.4 Å². The van der Waals surface area contributed by atoms with Gasteiger partial charge < -0.3 is 15.1 Å². The van der Waals surface area contributed by atoms with Gasteiger partial charge in [-0.3, -0.25) is 4.72 Å². The zero-order valence-corrected chi connectivity index (χ0v) is 22.4. The van der Waals surface area contributed by atoms with Crippen molar-refractivity contribution in [1.29, 1.82) is 0 Å². The van der Waals surface area contributed by atoms with Crippen LogP contribution in [-0.4, -0.2) is 41.0 Å². The Morgan fingerprint density at radius 2 is 1.89 bits per heavy atom. The smallest absolute Gasteiger partial charge is 0.317 e. The lowest BCUT2D eigenvalue weighted by atomic mass is 9.99. The number of hydrogen-bond acceptors (Lipinski definition) is 4. The SMILES string of the molecule is C=CSNCc1ccccc1CN(C(=O)Nc1cccc(C(F)(F)F)c1)C1CCN(C(C)CCC)CC1. The molecule has 3 rings (SSSR count). The van der Waals surface area contributed by atoms with E-state index in [2.05, 4.69) is 35.4 Å². The molecule has 2 aromatic rings. The lowest BCUT2D eigenvalue weighted by Gasteiger charge is -2.41. The number of hydrogen-bond donors (Lipinski definition) is 2. The highest BCUT2D eigenvalue weighted by Gasteiger charge is 2.32. The highest BCUT2D eigenvalue weighted by atomic mass is 32.2. The van der Waals surface area contributed by atoms with E-state index in [0.29, 0.717) is 19.1 Å². The lowest BCUT2D eigenvalue weighted by molar-refractivity contribution is -0.137. The molecule has 0 aliphatic carbocycles. The number of urea groups is 1. The van der Waals surface area contributed by atoms with E-state index in [0.717, 1.165) is 62.0 Å². The molecule has 2 N–H and O–H groups in total. The molecule has 1 atom stereocenters. The van der Waals surface area contributed by atoms with E-state index in [-0.39, 0.29) is 17.8 Å². The highest BCUT2D eigenvalue weighted by Crippen LogP contribution is 2.31. The maximum Gasteiger partial charge on any atom is 0.416 e. The molecule has 2 aromatic carbocycles. The summed E-state index contributed by atoms with van der Waals surface area (Å²) in [5.41, 5.74) is 1.41. The second-order valence-corrected chi connectivity index (χ2v) is 10.3. The van der Waals surface area contributed by atoms with Crippen molar-refractivity contribution in [3.63, 3.8) is 0 Å². The number of alkyl halides is 3. The van der Waals surface area contributed by atoms with Gasteiger partial charge in [0.2, 0.25) is 0 Å². The van der Waals surface area contributed by atoms with Gasteiger partial charge in [0, 0.05) is 44.0 Å². The molecule has 37 heavy (non-hydrogen) atoms. The molecular weight excluding hydrogens is 497 g/mol. The summed E-state index contributed by atoms with van der Waals surface area (Å²) >= 11 is 1.40. The summed E-state index contributed by atoms with van der Waals surface area (Å²) in [5, 5.41) is 4.45. The highest BCUT2D eigenvalue weighted by molar-refractivity contribution is 8.00. The minimum Gasteiger partial charge on any atom is -0.317 e. The summed E-state index contributed by atoms with van der Waals surface area (Å²) in [6, 6.07) is 12.8. The molecule has 0 radical (unpaired) electrons. The summed E-state index contributed by atoms with van der Waals surface area (Å²) in [4.78, 5) is 17.8. The van der Waals surface area contributed by atoms with E-state index in [4.69, 9.17) is 0 Å². The van der Waals surface area contributed by atoms with Crippen LogP contribution in [0.1, 0.15) is 56.2 Å². The summed E-state index contributed by atoms with van der Waals surface area (Å²) in [5.74, 6) is 0. The Kier molecular flexibility index (Phi) is 10.9. The molecule has 1 saturated heterocycles. The second kappa shape index (κ2) is 13.9. The van der Waals surface area contributed by atoms with Gasteiger partial charge in [0.25, 0.3) is 0 Å². The minimum atomic E-state index is -4.47. The Labute approximate surface area is 222 Å². The quantitative estimate of drug-likeness (QED) is 0.235. The van der Waals surface area contributed by atoms with Crippen LogP contribution in [0.3, 0.4) is 0 Å². The number of carbonyl (C=O) groups is 1. The Morgan fingerprint density at radius 1 is 1.19 bits per heavy atom.